The molecule has 1 aliphatic rings. The molecule has 138 valence electrons. The van der Waals surface area contributed by atoms with Crippen molar-refractivity contribution < 1.29 is 9.59 Å². The minimum absolute atomic E-state index is 0.0805. The van der Waals surface area contributed by atoms with Crippen LogP contribution in [0.3, 0.4) is 0 Å². The van der Waals surface area contributed by atoms with Crippen molar-refractivity contribution in [2.24, 2.45) is 0 Å². The average molecular weight is 374 g/mol. The minimum atomic E-state index is -0.324. The van der Waals surface area contributed by atoms with Crippen LogP contribution in [-0.2, 0) is 22.6 Å². The molecule has 0 spiro atoms. The maximum atomic E-state index is 12.1. The SMILES string of the molecule is Cc1csc(=O)n1CCC(=O)NNC(=O)CN1CCCc2ccccc21. The molecule has 0 saturated carbocycles. The summed E-state index contributed by atoms with van der Waals surface area (Å²) in [4.78, 5) is 37.6. The van der Waals surface area contributed by atoms with Crippen molar-refractivity contribution in [2.45, 2.75) is 32.7 Å². The molecule has 1 aromatic heterocycles. The van der Waals surface area contributed by atoms with Crippen LogP contribution >= 0.6 is 11.3 Å². The first-order valence-corrected chi connectivity index (χ1v) is 9.48. The molecular formula is C18H22N4O3S. The van der Waals surface area contributed by atoms with E-state index in [9.17, 15) is 14.4 Å². The van der Waals surface area contributed by atoms with Crippen molar-refractivity contribution in [3.05, 3.63) is 50.6 Å². The number of carbonyl (C=O) groups excluding carboxylic acids is 2. The number of anilines is 1. The number of aromatic nitrogens is 1. The molecule has 26 heavy (non-hydrogen) atoms. The summed E-state index contributed by atoms with van der Waals surface area (Å²) < 4.78 is 1.55. The first-order valence-electron chi connectivity index (χ1n) is 8.60. The van der Waals surface area contributed by atoms with Gasteiger partial charge in [-0.3, -0.25) is 25.2 Å². The Kier molecular flexibility index (Phi) is 5.72. The van der Waals surface area contributed by atoms with Crippen LogP contribution in [-0.4, -0.2) is 29.5 Å². The molecule has 0 atom stereocenters. The van der Waals surface area contributed by atoms with Gasteiger partial charge >= 0.3 is 4.87 Å². The summed E-state index contributed by atoms with van der Waals surface area (Å²) in [5.41, 5.74) is 8.03. The number of nitrogens with zero attached hydrogens (tertiary/aromatic N) is 2. The van der Waals surface area contributed by atoms with Crippen LogP contribution in [0.2, 0.25) is 0 Å². The van der Waals surface area contributed by atoms with Gasteiger partial charge in [-0.05, 0) is 31.4 Å². The topological polar surface area (TPSA) is 83.4 Å². The largest absolute Gasteiger partial charge is 0.362 e. The summed E-state index contributed by atoms with van der Waals surface area (Å²) in [7, 11) is 0. The van der Waals surface area contributed by atoms with E-state index in [4.69, 9.17) is 0 Å². The van der Waals surface area contributed by atoms with Crippen molar-refractivity contribution in [3.8, 4) is 0 Å². The third kappa shape index (κ3) is 4.32. The summed E-state index contributed by atoms with van der Waals surface area (Å²) in [6, 6.07) is 8.06. The van der Waals surface area contributed by atoms with Crippen LogP contribution in [0.5, 0.6) is 0 Å². The zero-order chi connectivity index (χ0) is 18.5. The Morgan fingerprint density at radius 2 is 1.96 bits per heavy atom. The Morgan fingerprint density at radius 1 is 1.19 bits per heavy atom. The second-order valence-electron chi connectivity index (χ2n) is 6.29. The summed E-state index contributed by atoms with van der Waals surface area (Å²) >= 11 is 1.12. The number of benzene rings is 1. The predicted molar refractivity (Wildman–Crippen MR) is 101 cm³/mol. The molecule has 0 radical (unpaired) electrons. The number of aryl methyl sites for hydroxylation is 2. The molecule has 1 aliphatic heterocycles. The third-order valence-corrected chi connectivity index (χ3v) is 5.30. The highest BCUT2D eigenvalue weighted by Crippen LogP contribution is 2.26. The lowest BCUT2D eigenvalue weighted by molar-refractivity contribution is -0.128. The maximum absolute atomic E-state index is 12.1. The molecule has 0 unspecified atom stereocenters. The molecule has 0 fully saturated rings. The third-order valence-electron chi connectivity index (χ3n) is 4.42. The normalized spacial score (nSPS) is 13.2. The smallest absolute Gasteiger partial charge is 0.307 e. The lowest BCUT2D eigenvalue weighted by Crippen LogP contribution is -2.47. The lowest BCUT2D eigenvalue weighted by atomic mass is 10.0. The number of hydrogen-bond acceptors (Lipinski definition) is 5. The van der Waals surface area contributed by atoms with Crippen LogP contribution in [0.15, 0.2) is 34.4 Å². The molecule has 2 aromatic rings. The summed E-state index contributed by atoms with van der Waals surface area (Å²) in [5.74, 6) is -0.589. The summed E-state index contributed by atoms with van der Waals surface area (Å²) in [5, 5.41) is 1.76. The molecule has 0 aliphatic carbocycles. The standard InChI is InChI=1S/C18H22N4O3S/c1-13-12-26-18(25)22(13)10-8-16(23)19-20-17(24)11-21-9-4-6-14-5-2-3-7-15(14)21/h2-3,5,7,12H,4,6,8-11H2,1H3,(H,19,23)(H,20,24). The Labute approximate surface area is 155 Å². The number of hydrogen-bond donors (Lipinski definition) is 2. The van der Waals surface area contributed by atoms with E-state index in [0.29, 0.717) is 6.54 Å². The number of fused-ring (bicyclic) bond motifs is 1. The number of thiazole rings is 1. The fourth-order valence-corrected chi connectivity index (χ4v) is 3.84. The van der Waals surface area contributed by atoms with Gasteiger partial charge in [0, 0.05) is 36.3 Å². The van der Waals surface area contributed by atoms with Crippen LogP contribution in [0, 0.1) is 6.92 Å². The van der Waals surface area contributed by atoms with Gasteiger partial charge in [-0.25, -0.2) is 0 Å². The number of amides is 2. The van der Waals surface area contributed by atoms with E-state index in [2.05, 4.69) is 16.9 Å². The fourth-order valence-electron chi connectivity index (χ4n) is 3.08. The highest BCUT2D eigenvalue weighted by Gasteiger charge is 2.18. The van der Waals surface area contributed by atoms with E-state index in [-0.39, 0.29) is 29.7 Å². The Balaban J connectivity index is 1.46. The van der Waals surface area contributed by atoms with Gasteiger partial charge in [0.25, 0.3) is 5.91 Å². The minimum Gasteiger partial charge on any atom is -0.362 e. The quantitative estimate of drug-likeness (QED) is 0.771. The van der Waals surface area contributed by atoms with Crippen LogP contribution < -0.4 is 20.6 Å². The van der Waals surface area contributed by atoms with E-state index in [1.807, 2.05) is 30.0 Å². The molecular weight excluding hydrogens is 352 g/mol. The van der Waals surface area contributed by atoms with E-state index in [1.165, 1.54) is 5.56 Å². The monoisotopic (exact) mass is 374 g/mol. The zero-order valence-corrected chi connectivity index (χ0v) is 15.5. The Morgan fingerprint density at radius 3 is 2.73 bits per heavy atom. The van der Waals surface area contributed by atoms with Gasteiger partial charge in [0.15, 0.2) is 0 Å². The lowest BCUT2D eigenvalue weighted by Gasteiger charge is -2.30. The van der Waals surface area contributed by atoms with Crippen molar-refractivity contribution in [1.29, 1.82) is 0 Å². The van der Waals surface area contributed by atoms with Crippen molar-refractivity contribution in [1.82, 2.24) is 15.4 Å². The molecule has 1 aromatic carbocycles. The Bertz CT molecular complexity index is 858. The number of nitrogens with one attached hydrogen (secondary N) is 2. The van der Waals surface area contributed by atoms with Gasteiger partial charge in [0.2, 0.25) is 5.91 Å². The summed E-state index contributed by atoms with van der Waals surface area (Å²) in [6.45, 7) is 3.14. The average Bonchev–Trinajstić information content (AvgIpc) is 2.96. The Hall–Kier alpha value is -2.61. The van der Waals surface area contributed by atoms with E-state index < -0.39 is 0 Å². The molecule has 7 nitrogen and oxygen atoms in total. The molecule has 0 saturated heterocycles. The second-order valence-corrected chi connectivity index (χ2v) is 7.12. The van der Waals surface area contributed by atoms with Gasteiger partial charge in [-0.15, -0.1) is 0 Å². The number of rotatable bonds is 5. The highest BCUT2D eigenvalue weighted by atomic mass is 32.1. The zero-order valence-electron chi connectivity index (χ0n) is 14.7. The number of hydrazine groups is 1. The van der Waals surface area contributed by atoms with Gasteiger partial charge in [-0.1, -0.05) is 29.5 Å². The number of para-hydroxylation sites is 1. The predicted octanol–water partition coefficient (Wildman–Crippen LogP) is 1.21. The number of carbonyl (C=O) groups is 2. The maximum Gasteiger partial charge on any atom is 0.307 e. The molecule has 3 rings (SSSR count). The van der Waals surface area contributed by atoms with Crippen LogP contribution in [0.4, 0.5) is 5.69 Å². The second kappa shape index (κ2) is 8.18. The van der Waals surface area contributed by atoms with Gasteiger partial charge in [-0.2, -0.15) is 0 Å². The molecule has 0 bridgehead atoms. The van der Waals surface area contributed by atoms with Crippen molar-refractivity contribution in [2.75, 3.05) is 18.0 Å². The van der Waals surface area contributed by atoms with E-state index in [0.717, 1.165) is 42.1 Å². The highest BCUT2D eigenvalue weighted by molar-refractivity contribution is 7.07. The van der Waals surface area contributed by atoms with Gasteiger partial charge < -0.3 is 9.47 Å². The molecule has 2 amide bonds. The molecule has 2 N–H and O–H groups in total. The van der Waals surface area contributed by atoms with E-state index in [1.54, 1.807) is 9.95 Å². The van der Waals surface area contributed by atoms with Crippen LogP contribution in [0.1, 0.15) is 24.1 Å². The molecule has 8 heteroatoms. The van der Waals surface area contributed by atoms with E-state index >= 15 is 0 Å². The van der Waals surface area contributed by atoms with Gasteiger partial charge in [0.1, 0.15) is 0 Å². The van der Waals surface area contributed by atoms with Crippen molar-refractivity contribution in [3.63, 3.8) is 0 Å². The molecule has 2 heterocycles. The van der Waals surface area contributed by atoms with Crippen LogP contribution in [0.25, 0.3) is 0 Å². The fraction of sp³-hybridized carbons (Fsp3) is 0.389. The first kappa shape index (κ1) is 18.2. The van der Waals surface area contributed by atoms with Crippen molar-refractivity contribution >= 4 is 28.8 Å². The summed E-state index contributed by atoms with van der Waals surface area (Å²) in [6.07, 6.45) is 2.15. The van der Waals surface area contributed by atoms with Gasteiger partial charge in [0.05, 0.1) is 6.54 Å². The first-order chi connectivity index (χ1) is 12.5.